The zero-order valence-electron chi connectivity index (χ0n) is 16.6. The Balaban J connectivity index is 1.94. The Bertz CT molecular complexity index is 998. The average molecular weight is 404 g/mol. The van der Waals surface area contributed by atoms with E-state index in [2.05, 4.69) is 0 Å². The van der Waals surface area contributed by atoms with E-state index in [1.807, 2.05) is 32.0 Å². The molecule has 2 aromatic rings. The number of fused-ring (bicyclic) bond motifs is 1. The van der Waals surface area contributed by atoms with E-state index in [-0.39, 0.29) is 22.5 Å². The molecular formula is C21H25NO5S. The van der Waals surface area contributed by atoms with Crippen LogP contribution in [0.15, 0.2) is 41.3 Å². The van der Waals surface area contributed by atoms with Crippen molar-refractivity contribution in [2.24, 2.45) is 0 Å². The number of carbonyl (C=O) groups is 1. The number of ether oxygens (including phenoxy) is 2. The summed E-state index contributed by atoms with van der Waals surface area (Å²) >= 11 is 0. The second kappa shape index (κ2) is 7.83. The molecule has 0 atom stereocenters. The van der Waals surface area contributed by atoms with Gasteiger partial charge >= 0.3 is 0 Å². The van der Waals surface area contributed by atoms with Gasteiger partial charge in [0.15, 0.2) is 9.84 Å². The molecule has 28 heavy (non-hydrogen) atoms. The first-order valence-corrected chi connectivity index (χ1v) is 11.0. The van der Waals surface area contributed by atoms with E-state index >= 15 is 0 Å². The number of carbonyl (C=O) groups excluding carboxylic acids is 1. The molecule has 1 aliphatic heterocycles. The van der Waals surface area contributed by atoms with E-state index in [1.54, 1.807) is 18.1 Å². The number of nitrogens with zero attached hydrogens (tertiary/aromatic N) is 1. The summed E-state index contributed by atoms with van der Waals surface area (Å²) in [6.45, 7) is 4.73. The predicted molar refractivity (Wildman–Crippen MR) is 107 cm³/mol. The van der Waals surface area contributed by atoms with Gasteiger partial charge < -0.3 is 14.4 Å². The first-order chi connectivity index (χ1) is 13.2. The van der Waals surface area contributed by atoms with Gasteiger partial charge in [-0.3, -0.25) is 4.79 Å². The fraction of sp³-hybridized carbons (Fsp3) is 0.381. The van der Waals surface area contributed by atoms with Gasteiger partial charge in [0.1, 0.15) is 11.5 Å². The molecule has 0 unspecified atom stereocenters. The van der Waals surface area contributed by atoms with Crippen molar-refractivity contribution in [2.75, 3.05) is 19.9 Å². The first kappa shape index (κ1) is 20.2. The van der Waals surface area contributed by atoms with Crippen LogP contribution in [0.1, 0.15) is 35.3 Å². The molecule has 3 rings (SSSR count). The molecule has 7 heteroatoms. The zero-order chi connectivity index (χ0) is 20.5. The molecule has 0 saturated heterocycles. The van der Waals surface area contributed by atoms with Crippen molar-refractivity contribution >= 4 is 15.7 Å². The topological polar surface area (TPSA) is 72.9 Å². The van der Waals surface area contributed by atoms with Gasteiger partial charge in [0.2, 0.25) is 0 Å². The maximum atomic E-state index is 13.2. The lowest BCUT2D eigenvalue weighted by Crippen LogP contribution is -2.36. The summed E-state index contributed by atoms with van der Waals surface area (Å²) in [7, 11) is -1.80. The SMILES string of the molecule is COc1ccc2c(c1)CCN(C(=O)c1cc(S(C)(=O)=O)ccc1OC(C)C)C2. The Labute approximate surface area is 166 Å². The second-order valence-electron chi connectivity index (χ2n) is 7.21. The summed E-state index contributed by atoms with van der Waals surface area (Å²) in [6.07, 6.45) is 1.71. The number of amides is 1. The van der Waals surface area contributed by atoms with E-state index in [0.717, 1.165) is 23.1 Å². The van der Waals surface area contributed by atoms with Gasteiger partial charge in [-0.15, -0.1) is 0 Å². The van der Waals surface area contributed by atoms with E-state index in [0.29, 0.717) is 25.3 Å². The standard InChI is InChI=1S/C21H25NO5S/c1-14(2)27-20-8-7-18(28(4,24)25)12-19(20)21(23)22-10-9-15-11-17(26-3)6-5-16(15)13-22/h5-8,11-12,14H,9-10,13H2,1-4H3. The third-order valence-electron chi connectivity index (χ3n) is 4.69. The van der Waals surface area contributed by atoms with Crippen molar-refractivity contribution in [2.45, 2.75) is 37.8 Å². The largest absolute Gasteiger partial charge is 0.497 e. The minimum atomic E-state index is -3.43. The Hall–Kier alpha value is -2.54. The van der Waals surface area contributed by atoms with Crippen LogP contribution in [0.5, 0.6) is 11.5 Å². The van der Waals surface area contributed by atoms with Gasteiger partial charge in [0, 0.05) is 19.3 Å². The van der Waals surface area contributed by atoms with Crippen LogP contribution in [0.3, 0.4) is 0 Å². The smallest absolute Gasteiger partial charge is 0.257 e. The second-order valence-corrected chi connectivity index (χ2v) is 9.22. The van der Waals surface area contributed by atoms with Gasteiger partial charge in [0.25, 0.3) is 5.91 Å². The molecule has 0 saturated carbocycles. The molecule has 0 radical (unpaired) electrons. The maximum Gasteiger partial charge on any atom is 0.257 e. The highest BCUT2D eigenvalue weighted by molar-refractivity contribution is 7.90. The molecule has 0 N–H and O–H groups in total. The highest BCUT2D eigenvalue weighted by atomic mass is 32.2. The van der Waals surface area contributed by atoms with Crippen molar-refractivity contribution in [1.82, 2.24) is 4.90 Å². The lowest BCUT2D eigenvalue weighted by molar-refractivity contribution is 0.0728. The summed E-state index contributed by atoms with van der Waals surface area (Å²) < 4.78 is 35.0. The molecule has 0 fully saturated rings. The average Bonchev–Trinajstić information content (AvgIpc) is 2.65. The Kier molecular flexibility index (Phi) is 5.65. The maximum absolute atomic E-state index is 13.2. The monoisotopic (exact) mass is 403 g/mol. The number of hydrogen-bond donors (Lipinski definition) is 0. The first-order valence-electron chi connectivity index (χ1n) is 9.15. The van der Waals surface area contributed by atoms with Crippen molar-refractivity contribution in [3.8, 4) is 11.5 Å². The van der Waals surface area contributed by atoms with Crippen LogP contribution in [-0.2, 0) is 22.8 Å². The summed E-state index contributed by atoms with van der Waals surface area (Å²) in [5.41, 5.74) is 2.49. The van der Waals surface area contributed by atoms with Crippen LogP contribution in [0.4, 0.5) is 0 Å². The van der Waals surface area contributed by atoms with Gasteiger partial charge in [-0.1, -0.05) is 6.07 Å². The summed E-state index contributed by atoms with van der Waals surface area (Å²) in [6, 6.07) is 10.3. The van der Waals surface area contributed by atoms with Crippen LogP contribution < -0.4 is 9.47 Å². The highest BCUT2D eigenvalue weighted by Gasteiger charge is 2.26. The molecule has 150 valence electrons. The molecule has 0 aromatic heterocycles. The number of sulfone groups is 1. The highest BCUT2D eigenvalue weighted by Crippen LogP contribution is 2.29. The van der Waals surface area contributed by atoms with Crippen LogP contribution in [-0.4, -0.2) is 45.2 Å². The van der Waals surface area contributed by atoms with Gasteiger partial charge in [-0.2, -0.15) is 0 Å². The molecular weight excluding hydrogens is 378 g/mol. The summed E-state index contributed by atoms with van der Waals surface area (Å²) in [5.74, 6) is 0.961. The van der Waals surface area contributed by atoms with Crippen LogP contribution in [0, 0.1) is 0 Å². The molecule has 0 spiro atoms. The summed E-state index contributed by atoms with van der Waals surface area (Å²) in [4.78, 5) is 15.1. The minimum Gasteiger partial charge on any atom is -0.497 e. The third kappa shape index (κ3) is 4.30. The lowest BCUT2D eigenvalue weighted by atomic mass is 9.98. The van der Waals surface area contributed by atoms with Crippen molar-refractivity contribution in [3.05, 3.63) is 53.1 Å². The summed E-state index contributed by atoms with van der Waals surface area (Å²) in [5, 5.41) is 0. The van der Waals surface area contributed by atoms with E-state index in [4.69, 9.17) is 9.47 Å². The van der Waals surface area contributed by atoms with E-state index in [9.17, 15) is 13.2 Å². The Morgan fingerprint density at radius 3 is 2.50 bits per heavy atom. The van der Waals surface area contributed by atoms with Crippen LogP contribution in [0.25, 0.3) is 0 Å². The Morgan fingerprint density at radius 2 is 1.86 bits per heavy atom. The molecule has 1 amide bonds. The fourth-order valence-electron chi connectivity index (χ4n) is 3.26. The molecule has 1 aliphatic rings. The molecule has 6 nitrogen and oxygen atoms in total. The normalized spacial score (nSPS) is 14.0. The van der Waals surface area contributed by atoms with Crippen molar-refractivity contribution in [1.29, 1.82) is 0 Å². The molecule has 2 aromatic carbocycles. The van der Waals surface area contributed by atoms with E-state index in [1.165, 1.54) is 12.1 Å². The molecule has 0 bridgehead atoms. The zero-order valence-corrected chi connectivity index (χ0v) is 17.4. The Morgan fingerprint density at radius 1 is 1.11 bits per heavy atom. The fourth-order valence-corrected chi connectivity index (χ4v) is 3.91. The quantitative estimate of drug-likeness (QED) is 0.767. The number of methoxy groups -OCH3 is 1. The van der Waals surface area contributed by atoms with E-state index < -0.39 is 9.84 Å². The van der Waals surface area contributed by atoms with Gasteiger partial charge in [-0.05, 0) is 61.7 Å². The molecule has 0 aliphatic carbocycles. The number of hydrogen-bond acceptors (Lipinski definition) is 5. The number of rotatable bonds is 5. The van der Waals surface area contributed by atoms with Crippen LogP contribution >= 0.6 is 0 Å². The van der Waals surface area contributed by atoms with Gasteiger partial charge in [-0.25, -0.2) is 8.42 Å². The predicted octanol–water partition coefficient (Wildman–Crippen LogP) is 3.08. The lowest BCUT2D eigenvalue weighted by Gasteiger charge is -2.30. The van der Waals surface area contributed by atoms with Crippen molar-refractivity contribution < 1.29 is 22.7 Å². The third-order valence-corrected chi connectivity index (χ3v) is 5.80. The van der Waals surface area contributed by atoms with Crippen LogP contribution in [0.2, 0.25) is 0 Å². The number of benzene rings is 2. The van der Waals surface area contributed by atoms with Crippen molar-refractivity contribution in [3.63, 3.8) is 0 Å². The minimum absolute atomic E-state index is 0.106. The molecule has 1 heterocycles. The van der Waals surface area contributed by atoms with Gasteiger partial charge in [0.05, 0.1) is 23.7 Å².